The minimum atomic E-state index is 0.269. The van der Waals surface area contributed by atoms with Crippen molar-refractivity contribution in [3.8, 4) is 0 Å². The monoisotopic (exact) mass is 232 g/mol. The SMILES string of the molecule is S=C1NN(c2ccccc2)CC12CCCC2. The fourth-order valence-corrected chi connectivity index (χ4v) is 3.23. The largest absolute Gasteiger partial charge is 0.291 e. The molecule has 1 saturated carbocycles. The average molecular weight is 232 g/mol. The van der Waals surface area contributed by atoms with E-state index in [0.29, 0.717) is 0 Å². The van der Waals surface area contributed by atoms with E-state index < -0.39 is 0 Å². The third-order valence-corrected chi connectivity index (χ3v) is 4.33. The molecule has 0 aromatic heterocycles. The Morgan fingerprint density at radius 3 is 2.50 bits per heavy atom. The van der Waals surface area contributed by atoms with Crippen molar-refractivity contribution in [2.75, 3.05) is 11.6 Å². The molecule has 3 heteroatoms. The van der Waals surface area contributed by atoms with E-state index in [2.05, 4.69) is 34.7 Å². The van der Waals surface area contributed by atoms with E-state index in [1.54, 1.807) is 0 Å². The Hall–Kier alpha value is -1.09. The molecule has 16 heavy (non-hydrogen) atoms. The maximum absolute atomic E-state index is 5.52. The van der Waals surface area contributed by atoms with E-state index in [1.807, 2.05) is 6.07 Å². The quantitative estimate of drug-likeness (QED) is 0.750. The van der Waals surface area contributed by atoms with Gasteiger partial charge in [-0.25, -0.2) is 0 Å². The number of rotatable bonds is 1. The molecule has 2 fully saturated rings. The lowest BCUT2D eigenvalue weighted by Gasteiger charge is -2.21. The lowest BCUT2D eigenvalue weighted by atomic mass is 9.87. The molecule has 0 bridgehead atoms. The van der Waals surface area contributed by atoms with E-state index in [9.17, 15) is 0 Å². The van der Waals surface area contributed by atoms with Crippen LogP contribution < -0.4 is 10.4 Å². The van der Waals surface area contributed by atoms with Gasteiger partial charge in [0.25, 0.3) is 0 Å². The number of para-hydroxylation sites is 1. The molecule has 1 heterocycles. The molecular formula is C13H16N2S. The fourth-order valence-electron chi connectivity index (χ4n) is 2.86. The Balaban J connectivity index is 1.84. The van der Waals surface area contributed by atoms with Gasteiger partial charge in [-0.2, -0.15) is 0 Å². The molecule has 1 aromatic carbocycles. The van der Waals surface area contributed by atoms with E-state index in [-0.39, 0.29) is 5.41 Å². The molecule has 3 rings (SSSR count). The van der Waals surface area contributed by atoms with Crippen molar-refractivity contribution in [2.45, 2.75) is 25.7 Å². The summed E-state index contributed by atoms with van der Waals surface area (Å²) in [5.74, 6) is 0. The van der Waals surface area contributed by atoms with Gasteiger partial charge < -0.3 is 0 Å². The van der Waals surface area contributed by atoms with Crippen LogP contribution in [0.4, 0.5) is 5.69 Å². The van der Waals surface area contributed by atoms with E-state index in [1.165, 1.54) is 31.4 Å². The minimum absolute atomic E-state index is 0.269. The minimum Gasteiger partial charge on any atom is -0.291 e. The van der Waals surface area contributed by atoms with Gasteiger partial charge in [0.2, 0.25) is 0 Å². The van der Waals surface area contributed by atoms with Crippen LogP contribution in [0, 0.1) is 5.41 Å². The molecule has 2 aliphatic rings. The number of hydrogen-bond acceptors (Lipinski definition) is 2. The lowest BCUT2D eigenvalue weighted by molar-refractivity contribution is 0.472. The summed E-state index contributed by atoms with van der Waals surface area (Å²) in [6.07, 6.45) is 5.15. The first-order chi connectivity index (χ1) is 7.80. The number of benzene rings is 1. The zero-order chi connectivity index (χ0) is 11.0. The van der Waals surface area contributed by atoms with Crippen LogP contribution in [0.15, 0.2) is 30.3 Å². The smallest absolute Gasteiger partial charge is 0.102 e. The van der Waals surface area contributed by atoms with Crippen LogP contribution in [-0.2, 0) is 0 Å². The topological polar surface area (TPSA) is 15.3 Å². The van der Waals surface area contributed by atoms with Gasteiger partial charge in [-0.1, -0.05) is 43.3 Å². The Labute approximate surface area is 102 Å². The first-order valence-corrected chi connectivity index (χ1v) is 6.35. The van der Waals surface area contributed by atoms with Gasteiger partial charge in [-0.15, -0.1) is 0 Å². The highest BCUT2D eigenvalue weighted by molar-refractivity contribution is 7.80. The highest BCUT2D eigenvalue weighted by Crippen LogP contribution is 2.43. The Bertz CT molecular complexity index is 396. The maximum Gasteiger partial charge on any atom is 0.102 e. The first kappa shape index (κ1) is 10.1. The first-order valence-electron chi connectivity index (χ1n) is 5.94. The summed E-state index contributed by atoms with van der Waals surface area (Å²) >= 11 is 5.52. The van der Waals surface area contributed by atoms with Gasteiger partial charge in [-0.3, -0.25) is 10.4 Å². The predicted octanol–water partition coefficient (Wildman–Crippen LogP) is 2.90. The second kappa shape index (κ2) is 3.74. The van der Waals surface area contributed by atoms with Gasteiger partial charge in [0.1, 0.15) is 4.99 Å². The standard InChI is InChI=1S/C13H16N2S/c16-12-13(8-4-5-9-13)10-15(14-12)11-6-2-1-3-7-11/h1-3,6-7H,4-5,8-10H2,(H,14,16). The number of thiocarbonyl (C=S) groups is 1. The Morgan fingerprint density at radius 1 is 1.12 bits per heavy atom. The number of nitrogens with one attached hydrogen (secondary N) is 1. The Kier molecular flexibility index (Phi) is 2.36. The average Bonchev–Trinajstić information content (AvgIpc) is 2.91. The van der Waals surface area contributed by atoms with Gasteiger partial charge in [0, 0.05) is 5.41 Å². The molecule has 2 nitrogen and oxygen atoms in total. The Morgan fingerprint density at radius 2 is 1.81 bits per heavy atom. The number of hydrogen-bond donors (Lipinski definition) is 1. The third kappa shape index (κ3) is 1.50. The highest BCUT2D eigenvalue weighted by Gasteiger charge is 2.44. The van der Waals surface area contributed by atoms with Crippen LogP contribution in [-0.4, -0.2) is 11.5 Å². The fraction of sp³-hybridized carbons (Fsp3) is 0.462. The van der Waals surface area contributed by atoms with Crippen molar-refractivity contribution < 1.29 is 0 Å². The summed E-state index contributed by atoms with van der Waals surface area (Å²) < 4.78 is 0. The van der Waals surface area contributed by atoms with E-state index >= 15 is 0 Å². The van der Waals surface area contributed by atoms with Crippen molar-refractivity contribution >= 4 is 22.9 Å². The lowest BCUT2D eigenvalue weighted by Crippen LogP contribution is -2.32. The van der Waals surface area contributed by atoms with Crippen molar-refractivity contribution in [3.05, 3.63) is 30.3 Å². The molecular weight excluding hydrogens is 216 g/mol. The normalized spacial score (nSPS) is 22.8. The summed E-state index contributed by atoms with van der Waals surface area (Å²) in [7, 11) is 0. The van der Waals surface area contributed by atoms with Crippen molar-refractivity contribution in [3.63, 3.8) is 0 Å². The molecule has 1 spiro atoms. The van der Waals surface area contributed by atoms with Crippen LogP contribution in [0.1, 0.15) is 25.7 Å². The van der Waals surface area contributed by atoms with Gasteiger partial charge in [0.15, 0.2) is 0 Å². The molecule has 84 valence electrons. The second-order valence-corrected chi connectivity index (χ2v) is 5.26. The molecule has 1 aliphatic heterocycles. The number of hydrazine groups is 1. The third-order valence-electron chi connectivity index (χ3n) is 3.81. The van der Waals surface area contributed by atoms with Crippen LogP contribution >= 0.6 is 12.2 Å². The predicted molar refractivity (Wildman–Crippen MR) is 70.4 cm³/mol. The summed E-state index contributed by atoms with van der Waals surface area (Å²) in [5.41, 5.74) is 4.85. The molecule has 1 aliphatic carbocycles. The molecule has 0 unspecified atom stereocenters. The highest BCUT2D eigenvalue weighted by atomic mass is 32.1. The van der Waals surface area contributed by atoms with Crippen LogP contribution in [0.5, 0.6) is 0 Å². The van der Waals surface area contributed by atoms with Crippen LogP contribution in [0.2, 0.25) is 0 Å². The zero-order valence-corrected chi connectivity index (χ0v) is 10.1. The molecule has 0 atom stereocenters. The molecule has 1 aromatic rings. The second-order valence-electron chi connectivity index (χ2n) is 4.85. The van der Waals surface area contributed by atoms with Crippen molar-refractivity contribution in [1.29, 1.82) is 0 Å². The summed E-state index contributed by atoms with van der Waals surface area (Å²) in [6, 6.07) is 10.4. The van der Waals surface area contributed by atoms with E-state index in [0.717, 1.165) is 11.5 Å². The number of anilines is 1. The van der Waals surface area contributed by atoms with Gasteiger partial charge in [0.05, 0.1) is 12.2 Å². The summed E-state index contributed by atoms with van der Waals surface area (Å²) in [6.45, 7) is 1.04. The maximum atomic E-state index is 5.52. The van der Waals surface area contributed by atoms with Crippen LogP contribution in [0.25, 0.3) is 0 Å². The van der Waals surface area contributed by atoms with Crippen molar-refractivity contribution in [2.24, 2.45) is 5.41 Å². The molecule has 1 N–H and O–H groups in total. The van der Waals surface area contributed by atoms with Gasteiger partial charge in [-0.05, 0) is 25.0 Å². The van der Waals surface area contributed by atoms with Crippen LogP contribution in [0.3, 0.4) is 0 Å². The molecule has 0 radical (unpaired) electrons. The summed E-state index contributed by atoms with van der Waals surface area (Å²) in [4.78, 5) is 1.05. The zero-order valence-electron chi connectivity index (χ0n) is 9.28. The number of nitrogens with zero attached hydrogens (tertiary/aromatic N) is 1. The molecule has 1 saturated heterocycles. The van der Waals surface area contributed by atoms with Crippen molar-refractivity contribution in [1.82, 2.24) is 5.43 Å². The van der Waals surface area contributed by atoms with Gasteiger partial charge >= 0.3 is 0 Å². The summed E-state index contributed by atoms with van der Waals surface area (Å²) in [5, 5.41) is 2.20. The van der Waals surface area contributed by atoms with E-state index in [4.69, 9.17) is 12.2 Å². The molecule has 0 amide bonds.